The summed E-state index contributed by atoms with van der Waals surface area (Å²) in [6.45, 7) is 4.51. The normalized spacial score (nSPS) is 16.5. The lowest BCUT2D eigenvalue weighted by Gasteiger charge is -2.34. The van der Waals surface area contributed by atoms with E-state index < -0.39 is 0 Å². The van der Waals surface area contributed by atoms with Crippen LogP contribution in [0.4, 0.5) is 5.69 Å². The lowest BCUT2D eigenvalue weighted by molar-refractivity contribution is -0.125. The van der Waals surface area contributed by atoms with E-state index in [0.29, 0.717) is 6.54 Å². The number of nitrogens with zero attached hydrogens (tertiary/aromatic N) is 1. The summed E-state index contributed by atoms with van der Waals surface area (Å²) >= 11 is 0. The molecular formula is C15H23N3O. The predicted molar refractivity (Wildman–Crippen MR) is 78.1 cm³/mol. The molecular weight excluding hydrogens is 238 g/mol. The highest BCUT2D eigenvalue weighted by Crippen LogP contribution is 2.27. The first-order chi connectivity index (χ1) is 9.15. The van der Waals surface area contributed by atoms with Gasteiger partial charge in [-0.15, -0.1) is 0 Å². The van der Waals surface area contributed by atoms with Crippen molar-refractivity contribution in [1.29, 1.82) is 0 Å². The van der Waals surface area contributed by atoms with Crippen molar-refractivity contribution >= 4 is 11.6 Å². The van der Waals surface area contributed by atoms with E-state index in [1.807, 2.05) is 0 Å². The highest BCUT2D eigenvalue weighted by atomic mass is 16.1. The minimum absolute atomic E-state index is 0.160. The standard InChI is InChI=1S/C15H23N3O/c1-11-3-4-13(10-16)14(9-11)18-7-5-12(6-8-18)15(19)17-2/h3-4,9,12H,5-8,10,16H2,1-2H3,(H,17,19). The first-order valence-corrected chi connectivity index (χ1v) is 6.92. The van der Waals surface area contributed by atoms with Gasteiger partial charge in [-0.05, 0) is 37.0 Å². The van der Waals surface area contributed by atoms with Crippen LogP contribution in [0.25, 0.3) is 0 Å². The molecule has 0 atom stereocenters. The molecule has 0 aliphatic carbocycles. The van der Waals surface area contributed by atoms with Crippen molar-refractivity contribution in [2.45, 2.75) is 26.3 Å². The lowest BCUT2D eigenvalue weighted by atomic mass is 9.95. The van der Waals surface area contributed by atoms with Crippen LogP contribution in [0.3, 0.4) is 0 Å². The second kappa shape index (κ2) is 6.06. The van der Waals surface area contributed by atoms with E-state index in [0.717, 1.165) is 25.9 Å². The first-order valence-electron chi connectivity index (χ1n) is 6.92. The van der Waals surface area contributed by atoms with Crippen LogP contribution in [-0.2, 0) is 11.3 Å². The Morgan fingerprint density at radius 1 is 1.42 bits per heavy atom. The van der Waals surface area contributed by atoms with Crippen LogP contribution in [0, 0.1) is 12.8 Å². The Balaban J connectivity index is 2.09. The molecule has 0 spiro atoms. The zero-order valence-electron chi connectivity index (χ0n) is 11.8. The topological polar surface area (TPSA) is 58.4 Å². The fourth-order valence-corrected chi connectivity index (χ4v) is 2.73. The van der Waals surface area contributed by atoms with Crippen LogP contribution >= 0.6 is 0 Å². The number of amides is 1. The van der Waals surface area contributed by atoms with Crippen molar-refractivity contribution < 1.29 is 4.79 Å². The molecule has 1 aliphatic rings. The van der Waals surface area contributed by atoms with E-state index in [1.165, 1.54) is 16.8 Å². The number of aryl methyl sites for hydroxylation is 1. The van der Waals surface area contributed by atoms with Gasteiger partial charge in [-0.2, -0.15) is 0 Å². The molecule has 19 heavy (non-hydrogen) atoms. The average molecular weight is 261 g/mol. The third-order valence-electron chi connectivity index (χ3n) is 3.91. The van der Waals surface area contributed by atoms with E-state index in [-0.39, 0.29) is 11.8 Å². The molecule has 0 unspecified atom stereocenters. The van der Waals surface area contributed by atoms with Crippen LogP contribution in [0.15, 0.2) is 18.2 Å². The highest BCUT2D eigenvalue weighted by Gasteiger charge is 2.25. The molecule has 0 aromatic heterocycles. The Bertz CT molecular complexity index is 451. The molecule has 1 amide bonds. The zero-order valence-corrected chi connectivity index (χ0v) is 11.8. The van der Waals surface area contributed by atoms with Gasteiger partial charge in [-0.1, -0.05) is 12.1 Å². The number of hydrogen-bond donors (Lipinski definition) is 2. The second-order valence-electron chi connectivity index (χ2n) is 5.21. The molecule has 1 aromatic rings. The molecule has 1 fully saturated rings. The number of anilines is 1. The maximum absolute atomic E-state index is 11.6. The Morgan fingerprint density at radius 3 is 2.68 bits per heavy atom. The summed E-state index contributed by atoms with van der Waals surface area (Å²) in [5.74, 6) is 0.329. The largest absolute Gasteiger partial charge is 0.371 e. The molecule has 4 nitrogen and oxygen atoms in total. The number of hydrogen-bond acceptors (Lipinski definition) is 3. The number of nitrogens with one attached hydrogen (secondary N) is 1. The number of nitrogens with two attached hydrogens (primary N) is 1. The Kier molecular flexibility index (Phi) is 4.43. The van der Waals surface area contributed by atoms with Gasteiger partial charge in [0, 0.05) is 38.3 Å². The minimum atomic E-state index is 0.160. The molecule has 1 saturated heterocycles. The Labute approximate surface area is 115 Å². The van der Waals surface area contributed by atoms with Crippen molar-refractivity contribution in [2.75, 3.05) is 25.0 Å². The predicted octanol–water partition coefficient (Wildman–Crippen LogP) is 1.42. The molecule has 1 aliphatic heterocycles. The number of rotatable bonds is 3. The van der Waals surface area contributed by atoms with Crippen molar-refractivity contribution in [3.8, 4) is 0 Å². The zero-order chi connectivity index (χ0) is 13.8. The van der Waals surface area contributed by atoms with Gasteiger partial charge in [0.05, 0.1) is 0 Å². The number of carbonyl (C=O) groups excluding carboxylic acids is 1. The second-order valence-corrected chi connectivity index (χ2v) is 5.21. The quantitative estimate of drug-likeness (QED) is 0.865. The Morgan fingerprint density at radius 2 is 2.11 bits per heavy atom. The van der Waals surface area contributed by atoms with E-state index in [9.17, 15) is 4.79 Å². The molecule has 4 heteroatoms. The van der Waals surface area contributed by atoms with Crippen molar-refractivity contribution in [3.63, 3.8) is 0 Å². The van der Waals surface area contributed by atoms with Crippen LogP contribution in [-0.4, -0.2) is 26.0 Å². The van der Waals surface area contributed by atoms with Crippen LogP contribution in [0.1, 0.15) is 24.0 Å². The maximum atomic E-state index is 11.6. The fourth-order valence-electron chi connectivity index (χ4n) is 2.73. The molecule has 1 heterocycles. The number of piperidine rings is 1. The van der Waals surface area contributed by atoms with Crippen molar-refractivity contribution in [3.05, 3.63) is 29.3 Å². The number of carbonyl (C=O) groups is 1. The number of benzene rings is 1. The molecule has 1 aromatic carbocycles. The molecule has 0 saturated carbocycles. The third-order valence-corrected chi connectivity index (χ3v) is 3.91. The summed E-state index contributed by atoms with van der Waals surface area (Å²) in [5, 5.41) is 2.74. The molecule has 0 bridgehead atoms. The van der Waals surface area contributed by atoms with Gasteiger partial charge < -0.3 is 16.0 Å². The van der Waals surface area contributed by atoms with Gasteiger partial charge in [0.1, 0.15) is 0 Å². The Hall–Kier alpha value is -1.55. The summed E-state index contributed by atoms with van der Waals surface area (Å²) in [7, 11) is 1.71. The van der Waals surface area contributed by atoms with E-state index in [4.69, 9.17) is 5.73 Å². The van der Waals surface area contributed by atoms with Gasteiger partial charge in [0.25, 0.3) is 0 Å². The van der Waals surface area contributed by atoms with Crippen LogP contribution in [0.5, 0.6) is 0 Å². The van der Waals surface area contributed by atoms with Gasteiger partial charge in [-0.25, -0.2) is 0 Å². The van der Waals surface area contributed by atoms with Crippen molar-refractivity contribution in [2.24, 2.45) is 11.7 Å². The van der Waals surface area contributed by atoms with Gasteiger partial charge in [0.15, 0.2) is 0 Å². The lowest BCUT2D eigenvalue weighted by Crippen LogP contribution is -2.40. The highest BCUT2D eigenvalue weighted by molar-refractivity contribution is 5.78. The smallest absolute Gasteiger partial charge is 0.222 e. The van der Waals surface area contributed by atoms with Crippen molar-refractivity contribution in [1.82, 2.24) is 5.32 Å². The first kappa shape index (κ1) is 13.9. The van der Waals surface area contributed by atoms with Crippen LogP contribution in [0.2, 0.25) is 0 Å². The fraction of sp³-hybridized carbons (Fsp3) is 0.533. The molecule has 3 N–H and O–H groups in total. The SMILES string of the molecule is CNC(=O)C1CCN(c2cc(C)ccc2CN)CC1. The van der Waals surface area contributed by atoms with Gasteiger partial charge in [0.2, 0.25) is 5.91 Å². The average Bonchev–Trinajstić information content (AvgIpc) is 2.46. The summed E-state index contributed by atoms with van der Waals surface area (Å²) in [6, 6.07) is 6.40. The van der Waals surface area contributed by atoms with Gasteiger partial charge in [-0.3, -0.25) is 4.79 Å². The molecule has 0 radical (unpaired) electrons. The summed E-state index contributed by atoms with van der Waals surface area (Å²) in [5.41, 5.74) is 9.48. The molecule has 104 valence electrons. The minimum Gasteiger partial charge on any atom is -0.371 e. The molecule has 2 rings (SSSR count). The summed E-state index contributed by atoms with van der Waals surface area (Å²) in [4.78, 5) is 14.0. The summed E-state index contributed by atoms with van der Waals surface area (Å²) < 4.78 is 0. The van der Waals surface area contributed by atoms with E-state index in [2.05, 4.69) is 35.3 Å². The van der Waals surface area contributed by atoms with E-state index >= 15 is 0 Å². The third kappa shape index (κ3) is 3.07. The van der Waals surface area contributed by atoms with E-state index in [1.54, 1.807) is 7.05 Å². The van der Waals surface area contributed by atoms with Crippen LogP contribution < -0.4 is 16.0 Å². The summed E-state index contributed by atoms with van der Waals surface area (Å²) in [6.07, 6.45) is 1.83. The maximum Gasteiger partial charge on any atom is 0.222 e. The van der Waals surface area contributed by atoms with Gasteiger partial charge >= 0.3 is 0 Å². The monoisotopic (exact) mass is 261 g/mol.